The largest absolute Gasteiger partial charge is 0.494 e. The fourth-order valence-electron chi connectivity index (χ4n) is 4.20. The van der Waals surface area contributed by atoms with E-state index in [0.29, 0.717) is 5.69 Å². The average Bonchev–Trinajstić information content (AvgIpc) is 3.36. The molecule has 0 atom stereocenters. The summed E-state index contributed by atoms with van der Waals surface area (Å²) in [5.41, 5.74) is 0.385. The minimum atomic E-state index is -4.26. The summed E-state index contributed by atoms with van der Waals surface area (Å²) in [6.07, 6.45) is 1.12. The number of anilines is 2. The second kappa shape index (κ2) is 14.7. The van der Waals surface area contributed by atoms with Crippen molar-refractivity contribution in [3.8, 4) is 17.5 Å². The van der Waals surface area contributed by atoms with Gasteiger partial charge in [0, 0.05) is 25.7 Å². The number of benzene rings is 2. The second-order valence-corrected chi connectivity index (χ2v) is 12.6. The molecule has 4 N–H and O–H groups in total. The predicted molar refractivity (Wildman–Crippen MR) is 161 cm³/mol. The molecular weight excluding hydrogens is 634 g/mol. The van der Waals surface area contributed by atoms with E-state index in [1.165, 1.54) is 56.6 Å². The van der Waals surface area contributed by atoms with Crippen LogP contribution in [0.5, 0.6) is 5.75 Å². The van der Waals surface area contributed by atoms with Crippen LogP contribution >= 0.6 is 0 Å². The number of carboxylic acid groups (broad SMARTS) is 1. The fourth-order valence-corrected chi connectivity index (χ4v) is 5.19. The van der Waals surface area contributed by atoms with Gasteiger partial charge in [0.25, 0.3) is 20.2 Å². The molecule has 240 valence electrons. The number of nitriles is 1. The van der Waals surface area contributed by atoms with Crippen LogP contribution in [0, 0.1) is 11.3 Å². The molecule has 0 unspecified atom stereocenters. The van der Waals surface area contributed by atoms with E-state index >= 15 is 0 Å². The van der Waals surface area contributed by atoms with Crippen molar-refractivity contribution >= 4 is 55.0 Å². The monoisotopic (exact) mass is 663 g/mol. The van der Waals surface area contributed by atoms with Crippen molar-refractivity contribution in [2.75, 3.05) is 41.9 Å². The molecule has 0 radical (unpaired) electrons. The third-order valence-corrected chi connectivity index (χ3v) is 7.70. The molecule has 3 rings (SSSR count). The van der Waals surface area contributed by atoms with E-state index in [2.05, 4.69) is 20.6 Å². The van der Waals surface area contributed by atoms with Gasteiger partial charge in [-0.25, -0.2) is 9.48 Å². The number of rotatable bonds is 15. The summed E-state index contributed by atoms with van der Waals surface area (Å²) in [5, 5.41) is 34.5. The lowest BCUT2D eigenvalue weighted by Gasteiger charge is -2.25. The van der Waals surface area contributed by atoms with Crippen LogP contribution < -0.4 is 15.0 Å². The lowest BCUT2D eigenvalue weighted by molar-refractivity contribution is -0.114. The van der Waals surface area contributed by atoms with Crippen molar-refractivity contribution in [3.63, 3.8) is 0 Å². The maximum absolute atomic E-state index is 12.0. The molecule has 45 heavy (non-hydrogen) atoms. The van der Waals surface area contributed by atoms with Crippen molar-refractivity contribution in [2.45, 2.75) is 19.8 Å². The number of aromatic carboxylic acids is 1. The Hall–Kier alpha value is -4.90. The van der Waals surface area contributed by atoms with Crippen molar-refractivity contribution in [1.82, 2.24) is 9.78 Å². The Balaban J connectivity index is 2.07. The Bertz CT molecular complexity index is 1830. The number of azo groups is 1. The van der Waals surface area contributed by atoms with Gasteiger partial charge in [0.1, 0.15) is 28.8 Å². The molecule has 19 heteroatoms. The van der Waals surface area contributed by atoms with Crippen LogP contribution in [0.15, 0.2) is 52.8 Å². The highest BCUT2D eigenvalue weighted by molar-refractivity contribution is 7.86. The maximum Gasteiger partial charge on any atom is 0.338 e. The van der Waals surface area contributed by atoms with E-state index in [9.17, 15) is 36.8 Å². The van der Waals surface area contributed by atoms with Crippen molar-refractivity contribution in [3.05, 3.63) is 53.7 Å². The number of carbonyl (C=O) groups is 2. The van der Waals surface area contributed by atoms with E-state index in [4.69, 9.17) is 13.8 Å². The number of para-hydroxylation sites is 1. The van der Waals surface area contributed by atoms with Gasteiger partial charge in [0.15, 0.2) is 5.82 Å². The number of carboxylic acids is 1. The van der Waals surface area contributed by atoms with E-state index in [1.54, 1.807) is 4.90 Å². The quantitative estimate of drug-likeness (QED) is 0.135. The normalized spacial score (nSPS) is 11.7. The summed E-state index contributed by atoms with van der Waals surface area (Å²) >= 11 is 0. The molecule has 0 bridgehead atoms. The first-order chi connectivity index (χ1) is 21.1. The first-order valence-corrected chi connectivity index (χ1v) is 16.2. The highest BCUT2D eigenvalue weighted by Gasteiger charge is 2.22. The molecule has 0 saturated carbocycles. The number of hydrogen-bond donors (Lipinski definition) is 4. The maximum atomic E-state index is 12.0. The van der Waals surface area contributed by atoms with Crippen LogP contribution in [0.2, 0.25) is 0 Å². The van der Waals surface area contributed by atoms with Crippen LogP contribution in [0.25, 0.3) is 5.69 Å². The van der Waals surface area contributed by atoms with Crippen LogP contribution in [-0.2, 0) is 25.0 Å². The third kappa shape index (κ3) is 9.80. The first-order valence-electron chi connectivity index (χ1n) is 13.0. The number of nitrogens with one attached hydrogen (secondary N) is 1. The molecule has 2 aromatic carbocycles. The number of hydrogen-bond acceptors (Lipinski definition) is 12. The lowest BCUT2D eigenvalue weighted by Crippen LogP contribution is -2.28. The lowest BCUT2D eigenvalue weighted by atomic mass is 10.1. The number of nitrogens with zero attached hydrogens (tertiary/aromatic N) is 6. The summed E-state index contributed by atoms with van der Waals surface area (Å²) in [7, 11) is -7.20. The summed E-state index contributed by atoms with van der Waals surface area (Å²) in [4.78, 5) is 25.6. The Kier molecular flexibility index (Phi) is 11.3. The number of methoxy groups -OCH3 is 1. The summed E-state index contributed by atoms with van der Waals surface area (Å²) in [6, 6.07) is 10.7. The minimum absolute atomic E-state index is 0.00851. The smallest absolute Gasteiger partial charge is 0.338 e. The minimum Gasteiger partial charge on any atom is -0.494 e. The Labute approximate surface area is 258 Å². The molecule has 0 spiro atoms. The first kappa shape index (κ1) is 34.6. The Morgan fingerprint density at radius 3 is 2.24 bits per heavy atom. The third-order valence-electron chi connectivity index (χ3n) is 6.09. The zero-order valence-electron chi connectivity index (χ0n) is 24.0. The van der Waals surface area contributed by atoms with Crippen LogP contribution in [0.1, 0.15) is 35.7 Å². The van der Waals surface area contributed by atoms with Gasteiger partial charge in [-0.2, -0.15) is 27.2 Å². The molecule has 1 aromatic heterocycles. The van der Waals surface area contributed by atoms with Gasteiger partial charge >= 0.3 is 5.97 Å². The molecule has 1 heterocycles. The van der Waals surface area contributed by atoms with Gasteiger partial charge in [-0.05, 0) is 43.2 Å². The van der Waals surface area contributed by atoms with Crippen LogP contribution in [-0.4, -0.2) is 84.4 Å². The number of carbonyl (C=O) groups excluding carboxylic acids is 1. The second-order valence-electron chi connectivity index (χ2n) is 9.42. The predicted octanol–water partition coefficient (Wildman–Crippen LogP) is 3.19. The van der Waals surface area contributed by atoms with E-state index in [0.717, 1.165) is 4.68 Å². The summed E-state index contributed by atoms with van der Waals surface area (Å²) in [6.45, 7) is 1.35. The molecule has 0 saturated heterocycles. The van der Waals surface area contributed by atoms with Gasteiger partial charge < -0.3 is 20.1 Å². The zero-order valence-corrected chi connectivity index (χ0v) is 25.6. The fraction of sp³-hybridized carbons (Fsp3) is 0.308. The highest BCUT2D eigenvalue weighted by Crippen LogP contribution is 2.35. The van der Waals surface area contributed by atoms with Gasteiger partial charge in [0.2, 0.25) is 5.91 Å². The van der Waals surface area contributed by atoms with E-state index < -0.39 is 43.6 Å². The zero-order chi connectivity index (χ0) is 33.4. The Morgan fingerprint density at radius 1 is 1.07 bits per heavy atom. The number of amides is 1. The molecule has 0 aliphatic heterocycles. The molecule has 17 nitrogen and oxygen atoms in total. The number of ether oxygens (including phenoxy) is 1. The SMILES string of the molecule is COc1cccc(C(=O)O)c1-n1ncc(C#N)c1N=Nc1ccc(N(CCCS(=O)(=O)O)CCCS(=O)(=O)O)cc1NC(C)=O. The van der Waals surface area contributed by atoms with Crippen molar-refractivity contribution < 1.29 is 45.4 Å². The average molecular weight is 664 g/mol. The molecule has 0 aliphatic carbocycles. The molecule has 0 aliphatic rings. The topological polar surface area (TPSA) is 254 Å². The molecule has 3 aromatic rings. The van der Waals surface area contributed by atoms with Crippen molar-refractivity contribution in [1.29, 1.82) is 5.26 Å². The standard InChI is InChI=1S/C26H29N7O10S2/c1-17(34)29-22-14-19(32(10-4-12-44(37,38)39)11-5-13-45(40,41)42)8-9-21(22)30-31-25-18(15-27)16-28-33(25)24-20(26(35)36)6-3-7-23(24)43-2/h3,6-9,14,16H,4-5,10-13H2,1-2H3,(H,29,34)(H,35,36)(H,37,38,39)(H,40,41,42). The molecular formula is C26H29N7O10S2. The van der Waals surface area contributed by atoms with Crippen LogP contribution in [0.3, 0.4) is 0 Å². The highest BCUT2D eigenvalue weighted by atomic mass is 32.2. The van der Waals surface area contributed by atoms with Crippen molar-refractivity contribution in [2.24, 2.45) is 10.2 Å². The van der Waals surface area contributed by atoms with E-state index in [-0.39, 0.29) is 65.7 Å². The van der Waals surface area contributed by atoms with Gasteiger partial charge in [-0.3, -0.25) is 13.9 Å². The van der Waals surface area contributed by atoms with Crippen LogP contribution in [0.4, 0.5) is 22.9 Å². The summed E-state index contributed by atoms with van der Waals surface area (Å²) < 4.78 is 69.5. The molecule has 0 fully saturated rings. The summed E-state index contributed by atoms with van der Waals surface area (Å²) in [5.74, 6) is -2.91. The Morgan fingerprint density at radius 2 is 1.71 bits per heavy atom. The number of aromatic nitrogens is 2. The molecule has 1 amide bonds. The van der Waals surface area contributed by atoms with Gasteiger partial charge in [-0.15, -0.1) is 10.2 Å². The van der Waals surface area contributed by atoms with Gasteiger partial charge in [0.05, 0.1) is 36.1 Å². The van der Waals surface area contributed by atoms with E-state index in [1.807, 2.05) is 6.07 Å². The van der Waals surface area contributed by atoms with Gasteiger partial charge in [-0.1, -0.05) is 6.07 Å².